The smallest absolute Gasteiger partial charge is 0.328 e. The molecule has 0 bridgehead atoms. The highest BCUT2D eigenvalue weighted by Gasteiger charge is 2.79. The number of ether oxygens (including phenoxy) is 6. The molecule has 3 aliphatic heterocycles. The Morgan fingerprint density at radius 2 is 1.78 bits per heavy atom. The number of rotatable bonds is 5. The number of hydrogen-bond donors (Lipinski definition) is 1. The molecule has 11 heteroatoms. The number of nitrogens with zero attached hydrogens (tertiary/aromatic N) is 1. The highest BCUT2D eigenvalue weighted by Crippen LogP contribution is 2.67. The Hall–Kier alpha value is -2.89. The van der Waals surface area contributed by atoms with Crippen LogP contribution in [-0.2, 0) is 45.3 Å². The van der Waals surface area contributed by atoms with Crippen molar-refractivity contribution in [2.45, 2.75) is 56.1 Å². The number of carbonyl (C=O) groups excluding carboxylic acids is 3. The normalized spacial score (nSPS) is 31.9. The second-order valence-corrected chi connectivity index (χ2v) is 9.55. The Balaban J connectivity index is 1.84. The first kappa shape index (κ1) is 24.8. The standard InChI is InChI=1S/C25H31NO10/c1-5-34-22(30)24-13-23(35-8-9-36-23)6-7-25(24)15-12-18(32-3)17(31-2)11-14(15)10-16(21(29)33-4)26(25)20(28)19(24)27/h11-12,16,19,27H,5-10,13H2,1-4H3/t16-,19-,24+,25-/m0/s1. The number of aliphatic hydroxyl groups is 1. The van der Waals surface area contributed by atoms with Crippen molar-refractivity contribution < 1.29 is 47.9 Å². The molecular formula is C25H31NO10. The zero-order valence-corrected chi connectivity index (χ0v) is 20.8. The van der Waals surface area contributed by atoms with E-state index in [-0.39, 0.29) is 25.9 Å². The lowest BCUT2D eigenvalue weighted by atomic mass is 9.54. The van der Waals surface area contributed by atoms with E-state index < -0.39 is 46.7 Å². The second-order valence-electron chi connectivity index (χ2n) is 9.55. The summed E-state index contributed by atoms with van der Waals surface area (Å²) in [6.45, 7) is 2.34. The highest BCUT2D eigenvalue weighted by molar-refractivity contribution is 5.99. The summed E-state index contributed by atoms with van der Waals surface area (Å²) in [4.78, 5) is 42.2. The minimum atomic E-state index is -1.82. The maximum Gasteiger partial charge on any atom is 0.328 e. The molecule has 0 unspecified atom stereocenters. The quantitative estimate of drug-likeness (QED) is 0.570. The molecule has 36 heavy (non-hydrogen) atoms. The van der Waals surface area contributed by atoms with Crippen LogP contribution in [0.1, 0.15) is 37.3 Å². The summed E-state index contributed by atoms with van der Waals surface area (Å²) in [5, 5.41) is 11.6. The summed E-state index contributed by atoms with van der Waals surface area (Å²) in [5.74, 6) is -2.48. The van der Waals surface area contributed by atoms with Gasteiger partial charge in [-0.25, -0.2) is 4.79 Å². The maximum absolute atomic E-state index is 13.9. The highest BCUT2D eigenvalue weighted by atomic mass is 16.7. The van der Waals surface area contributed by atoms with E-state index in [1.165, 1.54) is 26.2 Å². The fourth-order valence-electron chi connectivity index (χ4n) is 6.82. The van der Waals surface area contributed by atoms with Crippen molar-refractivity contribution in [2.24, 2.45) is 5.41 Å². The molecule has 1 saturated carbocycles. The molecule has 1 aromatic rings. The van der Waals surface area contributed by atoms with Gasteiger partial charge >= 0.3 is 11.9 Å². The van der Waals surface area contributed by atoms with Crippen LogP contribution in [0.5, 0.6) is 11.5 Å². The van der Waals surface area contributed by atoms with E-state index in [0.29, 0.717) is 42.3 Å². The van der Waals surface area contributed by atoms with Crippen LogP contribution in [0, 0.1) is 5.41 Å². The number of esters is 2. The van der Waals surface area contributed by atoms with Gasteiger partial charge in [0.25, 0.3) is 5.91 Å². The van der Waals surface area contributed by atoms with E-state index in [2.05, 4.69) is 0 Å². The zero-order chi connectivity index (χ0) is 25.9. The van der Waals surface area contributed by atoms with Crippen LogP contribution in [0.3, 0.4) is 0 Å². The van der Waals surface area contributed by atoms with Crippen LogP contribution in [0.15, 0.2) is 12.1 Å². The lowest BCUT2D eigenvalue weighted by Gasteiger charge is -2.58. The molecule has 0 radical (unpaired) electrons. The number of amides is 1. The van der Waals surface area contributed by atoms with E-state index in [1.54, 1.807) is 19.1 Å². The molecule has 3 heterocycles. The summed E-state index contributed by atoms with van der Waals surface area (Å²) in [5.41, 5.74) is -1.99. The van der Waals surface area contributed by atoms with E-state index >= 15 is 0 Å². The van der Waals surface area contributed by atoms with E-state index in [9.17, 15) is 19.5 Å². The Kier molecular flexibility index (Phi) is 5.92. The fraction of sp³-hybridized carbons (Fsp3) is 0.640. The van der Waals surface area contributed by atoms with Gasteiger partial charge in [-0.1, -0.05) is 0 Å². The third-order valence-electron chi connectivity index (χ3n) is 8.21. The Morgan fingerprint density at radius 3 is 2.39 bits per heavy atom. The van der Waals surface area contributed by atoms with Crippen molar-refractivity contribution in [3.63, 3.8) is 0 Å². The molecule has 1 aromatic carbocycles. The largest absolute Gasteiger partial charge is 0.493 e. The SMILES string of the molecule is CCOC(=O)[C@]12CC3(CC[C@]14c1cc(OC)c(OC)cc1C[C@@H](C(=O)OC)N4C(=O)[C@@H]2O)OCCO3. The Morgan fingerprint density at radius 1 is 1.11 bits per heavy atom. The molecule has 5 rings (SSSR count). The lowest BCUT2D eigenvalue weighted by Crippen LogP contribution is -2.67. The fourth-order valence-corrected chi connectivity index (χ4v) is 6.82. The van der Waals surface area contributed by atoms with Crippen LogP contribution >= 0.6 is 0 Å². The number of aliphatic hydroxyl groups excluding tert-OH is 1. The predicted octanol–water partition coefficient (Wildman–Crippen LogP) is 0.676. The van der Waals surface area contributed by atoms with Gasteiger partial charge < -0.3 is 38.4 Å². The van der Waals surface area contributed by atoms with Crippen LogP contribution in [0.2, 0.25) is 0 Å². The first-order valence-corrected chi connectivity index (χ1v) is 12.0. The van der Waals surface area contributed by atoms with Crippen molar-refractivity contribution in [1.82, 2.24) is 4.90 Å². The Labute approximate surface area is 208 Å². The zero-order valence-electron chi connectivity index (χ0n) is 20.8. The summed E-state index contributed by atoms with van der Waals surface area (Å²) in [6, 6.07) is 2.40. The van der Waals surface area contributed by atoms with E-state index in [1.807, 2.05) is 0 Å². The molecular weight excluding hydrogens is 474 g/mol. The van der Waals surface area contributed by atoms with Crippen LogP contribution < -0.4 is 9.47 Å². The third kappa shape index (κ3) is 2.99. The minimum Gasteiger partial charge on any atom is -0.493 e. The molecule has 1 amide bonds. The molecule has 4 atom stereocenters. The average Bonchev–Trinajstić information content (AvgIpc) is 3.42. The van der Waals surface area contributed by atoms with Crippen molar-refractivity contribution in [1.29, 1.82) is 0 Å². The van der Waals surface area contributed by atoms with Gasteiger partial charge in [0, 0.05) is 19.3 Å². The first-order valence-electron chi connectivity index (χ1n) is 12.0. The van der Waals surface area contributed by atoms with Gasteiger partial charge in [-0.3, -0.25) is 9.59 Å². The first-order chi connectivity index (χ1) is 17.2. The average molecular weight is 506 g/mol. The molecule has 2 spiro atoms. The van der Waals surface area contributed by atoms with Crippen molar-refractivity contribution in [3.05, 3.63) is 23.3 Å². The molecule has 196 valence electrons. The Bertz CT molecular complexity index is 1100. The van der Waals surface area contributed by atoms with Gasteiger partial charge in [-0.15, -0.1) is 0 Å². The molecule has 1 aliphatic carbocycles. The van der Waals surface area contributed by atoms with Gasteiger partial charge in [-0.05, 0) is 36.6 Å². The summed E-state index contributed by atoms with van der Waals surface area (Å²) >= 11 is 0. The summed E-state index contributed by atoms with van der Waals surface area (Å²) < 4.78 is 33.6. The number of carbonyl (C=O) groups is 3. The number of methoxy groups -OCH3 is 3. The van der Waals surface area contributed by atoms with Gasteiger partial charge in [0.2, 0.25) is 0 Å². The predicted molar refractivity (Wildman–Crippen MR) is 121 cm³/mol. The third-order valence-corrected chi connectivity index (χ3v) is 8.21. The summed E-state index contributed by atoms with van der Waals surface area (Å²) in [6.07, 6.45) is -1.31. The van der Waals surface area contributed by atoms with Gasteiger partial charge in [0.05, 0.1) is 46.7 Å². The van der Waals surface area contributed by atoms with Crippen molar-refractivity contribution in [3.8, 4) is 11.5 Å². The molecule has 11 nitrogen and oxygen atoms in total. The van der Waals surface area contributed by atoms with Crippen LogP contribution in [0.4, 0.5) is 0 Å². The van der Waals surface area contributed by atoms with Crippen LogP contribution in [0.25, 0.3) is 0 Å². The van der Waals surface area contributed by atoms with Crippen LogP contribution in [-0.4, -0.2) is 86.9 Å². The second kappa shape index (κ2) is 8.60. The lowest BCUT2D eigenvalue weighted by molar-refractivity contribution is -0.244. The maximum atomic E-state index is 13.9. The van der Waals surface area contributed by atoms with Crippen molar-refractivity contribution >= 4 is 17.8 Å². The number of fused-ring (bicyclic) bond motifs is 1. The molecule has 4 aliphatic rings. The number of benzene rings is 1. The van der Waals surface area contributed by atoms with Gasteiger partial charge in [0.1, 0.15) is 11.5 Å². The molecule has 1 N–H and O–H groups in total. The molecule has 2 saturated heterocycles. The summed E-state index contributed by atoms with van der Waals surface area (Å²) in [7, 11) is 4.23. The van der Waals surface area contributed by atoms with Crippen molar-refractivity contribution in [2.75, 3.05) is 41.2 Å². The minimum absolute atomic E-state index is 0.0332. The number of hydrogen-bond acceptors (Lipinski definition) is 10. The van der Waals surface area contributed by atoms with E-state index in [4.69, 9.17) is 28.4 Å². The molecule has 3 fully saturated rings. The van der Waals surface area contributed by atoms with E-state index in [0.717, 1.165) is 0 Å². The molecule has 0 aromatic heterocycles. The monoisotopic (exact) mass is 505 g/mol. The topological polar surface area (TPSA) is 130 Å². The van der Waals surface area contributed by atoms with Gasteiger partial charge in [-0.2, -0.15) is 0 Å². The van der Waals surface area contributed by atoms with Gasteiger partial charge in [0.15, 0.2) is 23.4 Å².